The molecule has 1 aromatic carbocycles. The minimum Gasteiger partial charge on any atom is -0.406 e. The minimum absolute atomic E-state index is 0.109. The standard InChI is InChI=1S/C18H20F3N3O2/c1-12-8-9-22-16(10-12)23-17(25)11-24(3)13(2)14-4-6-15(7-5-14)26-18(19,20)21/h4-10,13H,11H2,1-3H3,(H,22,23,25). The van der Waals surface area contributed by atoms with Crippen molar-refractivity contribution in [2.24, 2.45) is 0 Å². The zero-order valence-electron chi connectivity index (χ0n) is 14.7. The summed E-state index contributed by atoms with van der Waals surface area (Å²) < 4.78 is 40.4. The van der Waals surface area contributed by atoms with Crippen LogP contribution in [-0.2, 0) is 4.79 Å². The van der Waals surface area contributed by atoms with E-state index in [9.17, 15) is 18.0 Å². The Bertz CT molecular complexity index is 748. The van der Waals surface area contributed by atoms with Crippen LogP contribution in [0.2, 0.25) is 0 Å². The number of likely N-dealkylation sites (N-methyl/N-ethyl adjacent to an activating group) is 1. The highest BCUT2D eigenvalue weighted by Crippen LogP contribution is 2.25. The van der Waals surface area contributed by atoms with Crippen molar-refractivity contribution in [3.05, 3.63) is 53.7 Å². The van der Waals surface area contributed by atoms with Crippen LogP contribution in [0.25, 0.3) is 0 Å². The van der Waals surface area contributed by atoms with Crippen molar-refractivity contribution in [3.8, 4) is 5.75 Å². The van der Waals surface area contributed by atoms with E-state index in [-0.39, 0.29) is 24.2 Å². The van der Waals surface area contributed by atoms with Gasteiger partial charge in [-0.15, -0.1) is 13.2 Å². The van der Waals surface area contributed by atoms with Crippen LogP contribution in [0.4, 0.5) is 19.0 Å². The fourth-order valence-electron chi connectivity index (χ4n) is 2.35. The van der Waals surface area contributed by atoms with Crippen molar-refractivity contribution in [1.29, 1.82) is 0 Å². The van der Waals surface area contributed by atoms with E-state index in [1.807, 2.05) is 19.9 Å². The highest BCUT2D eigenvalue weighted by molar-refractivity contribution is 5.91. The summed E-state index contributed by atoms with van der Waals surface area (Å²) in [6.45, 7) is 3.87. The van der Waals surface area contributed by atoms with Gasteiger partial charge in [0.25, 0.3) is 0 Å². The first-order valence-electron chi connectivity index (χ1n) is 7.92. The summed E-state index contributed by atoms with van der Waals surface area (Å²) in [6.07, 6.45) is -3.10. The molecule has 0 radical (unpaired) electrons. The number of pyridine rings is 1. The summed E-state index contributed by atoms with van der Waals surface area (Å²) in [7, 11) is 1.76. The molecule has 0 fully saturated rings. The molecule has 140 valence electrons. The monoisotopic (exact) mass is 367 g/mol. The number of alkyl halides is 3. The predicted octanol–water partition coefficient (Wildman–Crippen LogP) is 3.92. The van der Waals surface area contributed by atoms with Gasteiger partial charge in [-0.1, -0.05) is 12.1 Å². The van der Waals surface area contributed by atoms with Crippen LogP contribution in [-0.4, -0.2) is 35.7 Å². The summed E-state index contributed by atoms with van der Waals surface area (Å²) in [5.74, 6) is -0.0291. The number of carbonyl (C=O) groups excluding carboxylic acids is 1. The summed E-state index contributed by atoms with van der Waals surface area (Å²) >= 11 is 0. The molecule has 1 amide bonds. The van der Waals surface area contributed by atoms with Gasteiger partial charge in [-0.3, -0.25) is 9.69 Å². The Morgan fingerprint density at radius 2 is 1.92 bits per heavy atom. The average molecular weight is 367 g/mol. The third-order valence-corrected chi connectivity index (χ3v) is 3.83. The molecule has 0 aliphatic rings. The number of anilines is 1. The Kier molecular flexibility index (Phi) is 6.20. The molecule has 1 heterocycles. The van der Waals surface area contributed by atoms with Gasteiger partial charge < -0.3 is 10.1 Å². The fraction of sp³-hybridized carbons (Fsp3) is 0.333. The number of carbonyl (C=O) groups is 1. The Morgan fingerprint density at radius 3 is 2.50 bits per heavy atom. The molecule has 8 heteroatoms. The number of nitrogens with zero attached hydrogens (tertiary/aromatic N) is 2. The fourth-order valence-corrected chi connectivity index (χ4v) is 2.35. The maximum atomic E-state index is 12.2. The SMILES string of the molecule is Cc1ccnc(NC(=O)CN(C)C(C)c2ccc(OC(F)(F)F)cc2)c1. The quantitative estimate of drug-likeness (QED) is 0.841. The smallest absolute Gasteiger partial charge is 0.406 e. The Balaban J connectivity index is 1.94. The van der Waals surface area contributed by atoms with Gasteiger partial charge in [-0.2, -0.15) is 0 Å². The number of hydrogen-bond acceptors (Lipinski definition) is 4. The molecule has 1 aromatic heterocycles. The van der Waals surface area contributed by atoms with Crippen molar-refractivity contribution in [3.63, 3.8) is 0 Å². The Morgan fingerprint density at radius 1 is 1.27 bits per heavy atom. The Labute approximate surface area is 149 Å². The van der Waals surface area contributed by atoms with Crippen molar-refractivity contribution in [1.82, 2.24) is 9.88 Å². The number of halogens is 3. The van der Waals surface area contributed by atoms with Gasteiger partial charge >= 0.3 is 6.36 Å². The molecule has 0 spiro atoms. The number of benzene rings is 1. The van der Waals surface area contributed by atoms with Crippen LogP contribution in [0.3, 0.4) is 0 Å². The zero-order chi connectivity index (χ0) is 19.3. The molecular weight excluding hydrogens is 347 g/mol. The second-order valence-corrected chi connectivity index (χ2v) is 5.97. The first-order valence-corrected chi connectivity index (χ1v) is 7.92. The number of aromatic nitrogens is 1. The van der Waals surface area contributed by atoms with E-state index in [1.54, 1.807) is 36.3 Å². The molecule has 1 N–H and O–H groups in total. The molecule has 26 heavy (non-hydrogen) atoms. The molecular formula is C18H20F3N3O2. The number of nitrogens with one attached hydrogen (secondary N) is 1. The van der Waals surface area contributed by atoms with Crippen LogP contribution < -0.4 is 10.1 Å². The third-order valence-electron chi connectivity index (χ3n) is 3.83. The van der Waals surface area contributed by atoms with Crippen LogP contribution >= 0.6 is 0 Å². The van der Waals surface area contributed by atoms with Gasteiger partial charge in [0, 0.05) is 12.2 Å². The normalized spacial score (nSPS) is 12.7. The van der Waals surface area contributed by atoms with Gasteiger partial charge in [0.2, 0.25) is 5.91 Å². The maximum absolute atomic E-state index is 12.2. The van der Waals surface area contributed by atoms with E-state index in [0.717, 1.165) is 11.1 Å². The first kappa shape index (κ1) is 19.7. The lowest BCUT2D eigenvalue weighted by atomic mass is 10.1. The van der Waals surface area contributed by atoms with Gasteiger partial charge in [0.1, 0.15) is 11.6 Å². The second-order valence-electron chi connectivity index (χ2n) is 5.97. The van der Waals surface area contributed by atoms with Gasteiger partial charge in [0.05, 0.1) is 6.54 Å². The average Bonchev–Trinajstić information content (AvgIpc) is 2.53. The van der Waals surface area contributed by atoms with E-state index in [4.69, 9.17) is 0 Å². The topological polar surface area (TPSA) is 54.5 Å². The summed E-state index contributed by atoms with van der Waals surface area (Å²) in [4.78, 5) is 18.0. The van der Waals surface area contributed by atoms with Crippen LogP contribution in [0, 0.1) is 6.92 Å². The van der Waals surface area contributed by atoms with Crippen molar-refractivity contribution >= 4 is 11.7 Å². The van der Waals surface area contributed by atoms with Crippen molar-refractivity contribution in [2.45, 2.75) is 26.3 Å². The molecule has 1 unspecified atom stereocenters. The third kappa shape index (κ3) is 6.03. The lowest BCUT2D eigenvalue weighted by Crippen LogP contribution is -2.32. The summed E-state index contributed by atoms with van der Waals surface area (Å²) in [5, 5.41) is 2.72. The largest absolute Gasteiger partial charge is 0.573 e. The van der Waals surface area contributed by atoms with E-state index in [2.05, 4.69) is 15.0 Å². The zero-order valence-corrected chi connectivity index (χ0v) is 14.7. The maximum Gasteiger partial charge on any atom is 0.573 e. The highest BCUT2D eigenvalue weighted by atomic mass is 19.4. The van der Waals surface area contributed by atoms with Gasteiger partial charge in [0.15, 0.2) is 0 Å². The minimum atomic E-state index is -4.72. The van der Waals surface area contributed by atoms with E-state index >= 15 is 0 Å². The van der Waals surface area contributed by atoms with Crippen LogP contribution in [0.15, 0.2) is 42.6 Å². The molecule has 1 atom stereocenters. The summed E-state index contributed by atoms with van der Waals surface area (Å²) in [6, 6.07) is 9.01. The van der Waals surface area contributed by atoms with E-state index < -0.39 is 6.36 Å². The molecule has 0 aliphatic carbocycles. The van der Waals surface area contributed by atoms with Crippen LogP contribution in [0.5, 0.6) is 5.75 Å². The molecule has 5 nitrogen and oxygen atoms in total. The van der Waals surface area contributed by atoms with Crippen LogP contribution in [0.1, 0.15) is 24.1 Å². The predicted molar refractivity (Wildman–Crippen MR) is 91.8 cm³/mol. The Hall–Kier alpha value is -2.61. The molecule has 2 aromatic rings. The van der Waals surface area contributed by atoms with Crippen molar-refractivity contribution < 1.29 is 22.7 Å². The number of hydrogen-bond donors (Lipinski definition) is 1. The highest BCUT2D eigenvalue weighted by Gasteiger charge is 2.31. The molecule has 2 rings (SSSR count). The molecule has 0 bridgehead atoms. The molecule has 0 saturated carbocycles. The van der Waals surface area contributed by atoms with E-state index in [1.165, 1.54) is 12.1 Å². The molecule has 0 aliphatic heterocycles. The number of rotatable bonds is 6. The summed E-state index contributed by atoms with van der Waals surface area (Å²) in [5.41, 5.74) is 1.75. The first-order chi connectivity index (χ1) is 12.1. The van der Waals surface area contributed by atoms with Crippen molar-refractivity contribution in [2.75, 3.05) is 18.9 Å². The van der Waals surface area contributed by atoms with Gasteiger partial charge in [-0.25, -0.2) is 4.98 Å². The lowest BCUT2D eigenvalue weighted by molar-refractivity contribution is -0.274. The number of aryl methyl sites for hydroxylation is 1. The number of amides is 1. The second kappa shape index (κ2) is 8.18. The lowest BCUT2D eigenvalue weighted by Gasteiger charge is -2.24. The number of ether oxygens (including phenoxy) is 1. The van der Waals surface area contributed by atoms with E-state index in [0.29, 0.717) is 5.82 Å². The molecule has 0 saturated heterocycles. The van der Waals surface area contributed by atoms with Gasteiger partial charge in [-0.05, 0) is 56.3 Å².